The molecule has 0 aliphatic carbocycles. The Morgan fingerprint density at radius 3 is 0.521 bits per heavy atom. The lowest BCUT2D eigenvalue weighted by atomic mass is 10.0. The maximum atomic E-state index is 2.58. The average molecular weight is 1080 g/mol. The van der Waals surface area contributed by atoms with Crippen molar-refractivity contribution in [2.45, 2.75) is 83.5 Å². The minimum Gasteiger partial charge on any atom is -0.0622 e. The quantitative estimate of drug-likeness (QED) is 0.133. The summed E-state index contributed by atoms with van der Waals surface area (Å²) in [5, 5.41) is 12.8. The summed E-state index contributed by atoms with van der Waals surface area (Å²) >= 11 is 0. The van der Waals surface area contributed by atoms with Gasteiger partial charge in [0.2, 0.25) is 0 Å². The van der Waals surface area contributed by atoms with Gasteiger partial charge in [-0.15, -0.1) is 0 Å². The molecule has 1 saturated heterocycles. The average Bonchev–Trinajstić information content (AvgIpc) is 3.45. The molecule has 8 atom stereocenters. The van der Waals surface area contributed by atoms with Crippen molar-refractivity contribution in [3.63, 3.8) is 0 Å². The molecule has 71 heavy (non-hydrogen) atoms. The van der Waals surface area contributed by atoms with Crippen LogP contribution in [0, 0.1) is 0 Å². The minimum absolute atomic E-state index is 0.553. The summed E-state index contributed by atoms with van der Waals surface area (Å²) < 4.78 is 0. The van der Waals surface area contributed by atoms with E-state index in [0.29, 0.717) is 0 Å². The lowest BCUT2D eigenvalue weighted by molar-refractivity contribution is 0.543. The molecule has 8 aromatic rings. The summed E-state index contributed by atoms with van der Waals surface area (Å²) in [6.45, 7) is 0. The van der Waals surface area contributed by atoms with Gasteiger partial charge in [0.1, 0.15) is 0 Å². The molecule has 1 heterocycles. The molecule has 8 unspecified atom stereocenters. The van der Waals surface area contributed by atoms with E-state index in [1.165, 1.54) is 95.8 Å². The van der Waals surface area contributed by atoms with Crippen molar-refractivity contribution in [3.05, 3.63) is 243 Å². The van der Waals surface area contributed by atoms with Crippen LogP contribution in [0.3, 0.4) is 0 Å². The van der Waals surface area contributed by atoms with Gasteiger partial charge in [-0.05, 0) is 127 Å². The van der Waals surface area contributed by atoms with Crippen molar-refractivity contribution in [2.24, 2.45) is 0 Å². The molecule has 8 heteroatoms. The maximum absolute atomic E-state index is 2.58. The first-order chi connectivity index (χ1) is 35.3. The Morgan fingerprint density at radius 1 is 0.155 bits per heavy atom. The van der Waals surface area contributed by atoms with Gasteiger partial charge in [0.15, 0.2) is 0 Å². The second-order valence-electron chi connectivity index (χ2n) is 18.3. The number of hydrogen-bond donors (Lipinski definition) is 0. The van der Waals surface area contributed by atoms with Crippen LogP contribution in [0.15, 0.2) is 243 Å². The van der Waals surface area contributed by atoms with Crippen LogP contribution in [0.4, 0.5) is 0 Å². The third kappa shape index (κ3) is 14.7. The highest BCUT2D eigenvalue weighted by molar-refractivity contribution is 9.03. The molecule has 8 aromatic carbocycles. The van der Waals surface area contributed by atoms with Crippen molar-refractivity contribution in [3.8, 4) is 0 Å². The monoisotopic (exact) mass is 1070 g/mol. The predicted octanol–water partition coefficient (Wildman–Crippen LogP) is 18.9. The Balaban J connectivity index is 1.35. The van der Waals surface area contributed by atoms with Crippen LogP contribution in [-0.4, -0.2) is 12.3 Å². The van der Waals surface area contributed by atoms with Crippen LogP contribution in [0.25, 0.3) is 0 Å². The summed E-state index contributed by atoms with van der Waals surface area (Å²) in [6.07, 6.45) is 20.3. The van der Waals surface area contributed by atoms with E-state index in [2.05, 4.69) is 243 Å². The summed E-state index contributed by atoms with van der Waals surface area (Å²) in [6, 6.07) is 96.9. The van der Waals surface area contributed by atoms with Crippen molar-refractivity contribution in [1.82, 2.24) is 0 Å². The van der Waals surface area contributed by atoms with E-state index in [-0.39, 0.29) is 0 Å². The largest absolute Gasteiger partial charge is 0.0622 e. The molecule has 0 N–H and O–H groups in total. The normalized spacial score (nSPS) is 23.8. The molecule has 0 bridgehead atoms. The topological polar surface area (TPSA) is 0 Å². The third-order valence-electron chi connectivity index (χ3n) is 13.1. The first-order valence-electron chi connectivity index (χ1n) is 26.1. The van der Waals surface area contributed by atoms with Crippen LogP contribution in [0.2, 0.25) is 0 Å². The Hall–Kier alpha value is -2.80. The van der Waals surface area contributed by atoms with Crippen LogP contribution < -0.4 is 42.4 Å². The van der Waals surface area contributed by atoms with Crippen LogP contribution in [-0.2, 0) is 0 Å². The third-order valence-corrected chi connectivity index (χ3v) is 69.0. The zero-order valence-corrected chi connectivity index (χ0v) is 48.4. The van der Waals surface area contributed by atoms with E-state index >= 15 is 0 Å². The molecule has 1 aliphatic heterocycles. The molecule has 1 fully saturated rings. The minimum atomic E-state index is -0.811. The first kappa shape index (κ1) is 53.0. The summed E-state index contributed by atoms with van der Waals surface area (Å²) in [5.74, 6) is 0. The summed E-state index contributed by atoms with van der Waals surface area (Å²) in [4.78, 5) is 0. The van der Waals surface area contributed by atoms with Gasteiger partial charge in [0, 0.05) is 0 Å². The van der Waals surface area contributed by atoms with Crippen LogP contribution >= 0.6 is 59.0 Å². The van der Waals surface area contributed by atoms with Gasteiger partial charge in [-0.3, -0.25) is 0 Å². The lowest BCUT2D eigenvalue weighted by Gasteiger charge is -2.48. The zero-order chi connectivity index (χ0) is 48.1. The maximum Gasteiger partial charge on any atom is -0.00564 e. The zero-order valence-electron chi connectivity index (χ0n) is 41.3. The molecule has 1 aliphatic rings. The van der Waals surface area contributed by atoms with E-state index in [9.17, 15) is 0 Å². The van der Waals surface area contributed by atoms with Crippen LogP contribution in [0.5, 0.6) is 0 Å². The fourth-order valence-electron chi connectivity index (χ4n) is 9.60. The number of hydrogen-bond acceptors (Lipinski definition) is 0. The predicted molar refractivity (Wildman–Crippen MR) is 334 cm³/mol. The fraction of sp³-hybridized carbons (Fsp3) is 0.238. The first-order valence-corrected chi connectivity index (χ1v) is 42.1. The smallest absolute Gasteiger partial charge is 0.00564 e. The van der Waals surface area contributed by atoms with E-state index in [1.54, 1.807) is 42.4 Å². The molecule has 0 spiro atoms. The Kier molecular flexibility index (Phi) is 21.9. The molecule has 0 saturated carbocycles. The van der Waals surface area contributed by atoms with Crippen molar-refractivity contribution in [1.29, 1.82) is 0 Å². The number of rotatable bonds is 8. The van der Waals surface area contributed by atoms with Crippen molar-refractivity contribution < 1.29 is 0 Å². The Bertz CT molecular complexity index is 2480. The Labute approximate surface area is 437 Å². The van der Waals surface area contributed by atoms with Gasteiger partial charge >= 0.3 is 0 Å². The van der Waals surface area contributed by atoms with Gasteiger partial charge in [-0.25, -0.2) is 0 Å². The van der Waals surface area contributed by atoms with E-state index in [1.807, 2.05) is 0 Å². The number of benzene rings is 8. The Morgan fingerprint density at radius 2 is 0.310 bits per heavy atom. The molecule has 0 radical (unpaired) electrons. The van der Waals surface area contributed by atoms with Gasteiger partial charge in [-0.2, -0.15) is 0 Å². The molecule has 0 nitrogen and oxygen atoms in total. The van der Waals surface area contributed by atoms with E-state index in [0.717, 1.165) is 0 Å². The highest BCUT2D eigenvalue weighted by Gasteiger charge is 2.48. The fourth-order valence-corrected chi connectivity index (χ4v) is 91.3. The summed E-state index contributed by atoms with van der Waals surface area (Å²) in [7, 11) is -5.65. The van der Waals surface area contributed by atoms with E-state index in [4.69, 9.17) is 0 Å². The van der Waals surface area contributed by atoms with E-state index < -0.39 is 59.0 Å². The van der Waals surface area contributed by atoms with Crippen molar-refractivity contribution in [2.75, 3.05) is 12.3 Å². The van der Waals surface area contributed by atoms with Gasteiger partial charge < -0.3 is 0 Å². The lowest BCUT2D eigenvalue weighted by Crippen LogP contribution is -2.16. The van der Waals surface area contributed by atoms with Crippen LogP contribution in [0.1, 0.15) is 83.5 Å². The second kappa shape index (κ2) is 29.3. The van der Waals surface area contributed by atoms with Gasteiger partial charge in [-0.1, -0.05) is 313 Å². The van der Waals surface area contributed by atoms with Crippen molar-refractivity contribution >= 4 is 101 Å². The molecule has 0 amide bonds. The molecule has 9 rings (SSSR count). The molecular formula is C63H70P8. The second-order valence-corrected chi connectivity index (χ2v) is 51.3. The van der Waals surface area contributed by atoms with Gasteiger partial charge in [0.25, 0.3) is 0 Å². The van der Waals surface area contributed by atoms with Gasteiger partial charge in [0.05, 0.1) is 0 Å². The SMILES string of the molecule is c1ccc(P2CCCCCCCCCCCCCCCP(c3ccccc3)P(c3ccccc3)P(c3ccccc3)P(c3ccccc3)P(c3ccccc3)P(c3ccccc3)P2c2ccccc2)cc1. The molecular weight excluding hydrogens is 1000 g/mol. The summed E-state index contributed by atoms with van der Waals surface area (Å²) in [5.41, 5.74) is 0. The highest BCUT2D eigenvalue weighted by atomic mass is 32.9. The molecule has 0 aromatic heterocycles. The highest BCUT2D eigenvalue weighted by Crippen LogP contribution is 3.10. The standard InChI is InChI=1S/C63H70P8/c1-2-4-6-8-10-36-54-64(56-38-20-12-21-39-56)66(58-42-24-14-25-43-58)68(60-46-28-16-29-47-60)70(62-50-32-18-33-51-62)71(63-52-34-19-35-53-63)69(61-48-30-17-31-49-61)67(59-44-26-15-27-45-59)65(57-40-22-13-23-41-57)55-37-11-9-7-5-3-1/h12-35,38-53H,1-11,36-37,54-55H2. The molecule has 362 valence electrons.